The molecule has 0 amide bonds. The fourth-order valence-corrected chi connectivity index (χ4v) is 2.30. The van der Waals surface area contributed by atoms with Crippen molar-refractivity contribution in [3.8, 4) is 5.75 Å². The highest BCUT2D eigenvalue weighted by atomic mass is 16.3. The third-order valence-electron chi connectivity index (χ3n) is 3.55. The number of phenols is 1. The highest BCUT2D eigenvalue weighted by Gasteiger charge is 2.18. The normalized spacial score (nSPS) is 23.4. The predicted octanol–water partition coefficient (Wildman–Crippen LogP) is 3.57. The van der Waals surface area contributed by atoms with Gasteiger partial charge in [0.15, 0.2) is 5.78 Å². The Labute approximate surface area is 102 Å². The van der Waals surface area contributed by atoms with Crippen molar-refractivity contribution in [2.24, 2.45) is 0 Å². The molecule has 0 saturated carbocycles. The van der Waals surface area contributed by atoms with Crippen LogP contribution in [0.4, 0.5) is 0 Å². The van der Waals surface area contributed by atoms with Crippen LogP contribution in [0, 0.1) is 6.92 Å². The second kappa shape index (κ2) is 4.36. The molecule has 0 bridgehead atoms. The van der Waals surface area contributed by atoms with Crippen LogP contribution in [0.1, 0.15) is 49.3 Å². The summed E-state index contributed by atoms with van der Waals surface area (Å²) in [5.74, 6) is 0.881. The first-order chi connectivity index (χ1) is 7.99. The van der Waals surface area contributed by atoms with E-state index >= 15 is 0 Å². The molecule has 2 rings (SSSR count). The average Bonchev–Trinajstić information content (AvgIpc) is 2.28. The van der Waals surface area contributed by atoms with Crippen LogP contribution >= 0.6 is 0 Å². The molecule has 1 atom stereocenters. The first kappa shape index (κ1) is 11.9. The summed E-state index contributed by atoms with van der Waals surface area (Å²) in [7, 11) is 0. The van der Waals surface area contributed by atoms with Gasteiger partial charge in [0.05, 0.1) is 0 Å². The van der Waals surface area contributed by atoms with Gasteiger partial charge in [0.25, 0.3) is 0 Å². The second-order valence-corrected chi connectivity index (χ2v) is 4.96. The molecule has 1 aromatic carbocycles. The molecule has 0 saturated heterocycles. The predicted molar refractivity (Wildman–Crippen MR) is 69.2 cm³/mol. The van der Waals surface area contributed by atoms with Gasteiger partial charge in [0.2, 0.25) is 0 Å². The SMILES string of the molecule is C/C1=C/c2cc(C)c(O)cc2[C@H](C)CCC1=O. The average molecular weight is 230 g/mol. The number of carbonyl (C=O) groups is 1. The molecule has 0 aromatic heterocycles. The first-order valence-electron chi connectivity index (χ1n) is 6.04. The number of aromatic hydroxyl groups is 1. The zero-order chi connectivity index (χ0) is 12.6. The van der Waals surface area contributed by atoms with E-state index in [-0.39, 0.29) is 5.78 Å². The number of ketones is 1. The van der Waals surface area contributed by atoms with Gasteiger partial charge in [-0.3, -0.25) is 4.79 Å². The molecule has 1 aliphatic carbocycles. The lowest BCUT2D eigenvalue weighted by Gasteiger charge is -2.19. The lowest BCUT2D eigenvalue weighted by atomic mass is 9.86. The van der Waals surface area contributed by atoms with Crippen molar-refractivity contribution in [2.45, 2.75) is 39.5 Å². The fraction of sp³-hybridized carbons (Fsp3) is 0.400. The number of rotatable bonds is 0. The molecule has 1 aliphatic rings. The maximum Gasteiger partial charge on any atom is 0.158 e. The van der Waals surface area contributed by atoms with Crippen molar-refractivity contribution in [1.29, 1.82) is 0 Å². The summed E-state index contributed by atoms with van der Waals surface area (Å²) < 4.78 is 0. The Morgan fingerprint density at radius 2 is 2.00 bits per heavy atom. The Morgan fingerprint density at radius 1 is 1.29 bits per heavy atom. The van der Waals surface area contributed by atoms with E-state index in [1.54, 1.807) is 0 Å². The highest BCUT2D eigenvalue weighted by Crippen LogP contribution is 2.33. The fourth-order valence-electron chi connectivity index (χ4n) is 2.30. The Morgan fingerprint density at radius 3 is 2.71 bits per heavy atom. The maximum absolute atomic E-state index is 11.8. The highest BCUT2D eigenvalue weighted by molar-refractivity contribution is 5.99. The molecule has 1 aromatic rings. The van der Waals surface area contributed by atoms with E-state index in [0.717, 1.165) is 28.7 Å². The number of aryl methyl sites for hydroxylation is 1. The zero-order valence-corrected chi connectivity index (χ0v) is 10.6. The van der Waals surface area contributed by atoms with Gasteiger partial charge >= 0.3 is 0 Å². The van der Waals surface area contributed by atoms with Gasteiger partial charge in [-0.2, -0.15) is 0 Å². The summed E-state index contributed by atoms with van der Waals surface area (Å²) >= 11 is 0. The van der Waals surface area contributed by atoms with Crippen molar-refractivity contribution in [3.05, 3.63) is 34.4 Å². The van der Waals surface area contributed by atoms with Gasteiger partial charge in [-0.15, -0.1) is 0 Å². The van der Waals surface area contributed by atoms with E-state index in [1.165, 1.54) is 0 Å². The van der Waals surface area contributed by atoms with Gasteiger partial charge < -0.3 is 5.11 Å². The largest absolute Gasteiger partial charge is 0.508 e. The lowest BCUT2D eigenvalue weighted by Crippen LogP contribution is -2.07. The summed E-state index contributed by atoms with van der Waals surface area (Å²) in [6.45, 7) is 5.85. The van der Waals surface area contributed by atoms with Crippen molar-refractivity contribution in [3.63, 3.8) is 0 Å². The molecular weight excluding hydrogens is 212 g/mol. The summed E-state index contributed by atoms with van der Waals surface area (Å²) in [4.78, 5) is 11.8. The zero-order valence-electron chi connectivity index (χ0n) is 10.6. The van der Waals surface area contributed by atoms with E-state index in [2.05, 4.69) is 6.92 Å². The molecule has 0 radical (unpaired) electrons. The van der Waals surface area contributed by atoms with Crippen LogP contribution in [0.5, 0.6) is 5.75 Å². The molecule has 2 nitrogen and oxygen atoms in total. The minimum absolute atomic E-state index is 0.230. The number of benzene rings is 1. The smallest absolute Gasteiger partial charge is 0.158 e. The van der Waals surface area contributed by atoms with E-state index in [0.29, 0.717) is 18.1 Å². The second-order valence-electron chi connectivity index (χ2n) is 4.96. The van der Waals surface area contributed by atoms with Crippen LogP contribution in [0.2, 0.25) is 0 Å². The summed E-state index contributed by atoms with van der Waals surface area (Å²) in [6, 6.07) is 3.80. The summed E-state index contributed by atoms with van der Waals surface area (Å²) in [5, 5.41) is 9.79. The number of Topliss-reactive ketones (excluding diaryl/α,β-unsaturated/α-hetero) is 1. The summed E-state index contributed by atoms with van der Waals surface area (Å²) in [5.41, 5.74) is 3.87. The molecule has 0 aliphatic heterocycles. The number of allylic oxidation sites excluding steroid dienone is 1. The van der Waals surface area contributed by atoms with Crippen LogP contribution in [0.25, 0.3) is 6.08 Å². The van der Waals surface area contributed by atoms with Crippen molar-refractivity contribution in [1.82, 2.24) is 0 Å². The van der Waals surface area contributed by atoms with E-state index in [1.807, 2.05) is 32.1 Å². The van der Waals surface area contributed by atoms with Crippen LogP contribution in [0.3, 0.4) is 0 Å². The van der Waals surface area contributed by atoms with Gasteiger partial charge in [0, 0.05) is 6.42 Å². The third kappa shape index (κ3) is 2.26. The van der Waals surface area contributed by atoms with Crippen molar-refractivity contribution < 1.29 is 9.90 Å². The van der Waals surface area contributed by atoms with Gasteiger partial charge in [-0.25, -0.2) is 0 Å². The Kier molecular flexibility index (Phi) is 3.05. The molecule has 0 heterocycles. The topological polar surface area (TPSA) is 37.3 Å². The van der Waals surface area contributed by atoms with Gasteiger partial charge in [-0.05, 0) is 66.7 Å². The minimum Gasteiger partial charge on any atom is -0.508 e. The van der Waals surface area contributed by atoms with Crippen LogP contribution in [-0.4, -0.2) is 10.9 Å². The number of fused-ring (bicyclic) bond motifs is 1. The molecule has 0 spiro atoms. The van der Waals surface area contributed by atoms with Crippen molar-refractivity contribution >= 4 is 11.9 Å². The van der Waals surface area contributed by atoms with E-state index in [4.69, 9.17) is 0 Å². The lowest BCUT2D eigenvalue weighted by molar-refractivity contribution is -0.115. The molecule has 1 N–H and O–H groups in total. The Balaban J connectivity index is 2.62. The molecule has 2 heteroatoms. The van der Waals surface area contributed by atoms with Crippen LogP contribution in [-0.2, 0) is 4.79 Å². The number of hydrogen-bond donors (Lipinski definition) is 1. The number of carbonyl (C=O) groups excluding carboxylic acids is 1. The molecule has 0 fully saturated rings. The quantitative estimate of drug-likeness (QED) is 0.739. The first-order valence-corrected chi connectivity index (χ1v) is 6.04. The standard InChI is InChI=1S/C15H18O2/c1-9-4-5-14(16)10(2)6-12-7-11(3)15(17)8-13(9)12/h6-9,17H,4-5H2,1-3H3/b10-6-/t9-/m1/s1. The van der Waals surface area contributed by atoms with Crippen molar-refractivity contribution in [2.75, 3.05) is 0 Å². The van der Waals surface area contributed by atoms with E-state index < -0.39 is 0 Å². The number of hydrogen-bond acceptors (Lipinski definition) is 2. The van der Waals surface area contributed by atoms with E-state index in [9.17, 15) is 9.90 Å². The monoisotopic (exact) mass is 230 g/mol. The Hall–Kier alpha value is -1.57. The molecular formula is C15H18O2. The Bertz CT molecular complexity index is 498. The summed E-state index contributed by atoms with van der Waals surface area (Å²) in [6.07, 6.45) is 3.39. The van der Waals surface area contributed by atoms with Gasteiger partial charge in [0.1, 0.15) is 5.75 Å². The minimum atomic E-state index is 0.230. The molecule has 90 valence electrons. The van der Waals surface area contributed by atoms with Crippen LogP contribution in [0.15, 0.2) is 17.7 Å². The third-order valence-corrected chi connectivity index (χ3v) is 3.55. The number of phenolic OH excluding ortho intramolecular Hbond substituents is 1. The molecule has 0 unspecified atom stereocenters. The molecule has 17 heavy (non-hydrogen) atoms. The maximum atomic E-state index is 11.8. The van der Waals surface area contributed by atoms with Gasteiger partial charge in [-0.1, -0.05) is 6.92 Å². The van der Waals surface area contributed by atoms with Crippen LogP contribution < -0.4 is 0 Å².